The highest BCUT2D eigenvalue weighted by Gasteiger charge is 2.38. The minimum Gasteiger partial charge on any atom is -0.353 e. The largest absolute Gasteiger partial charge is 0.353 e. The number of aromatic nitrogens is 2. The average Bonchev–Trinajstić information content (AvgIpc) is 3.69. The molecule has 0 radical (unpaired) electrons. The highest BCUT2D eigenvalue weighted by molar-refractivity contribution is 5.37. The zero-order chi connectivity index (χ0) is 23.5. The molecule has 1 aromatic heterocycles. The third kappa shape index (κ3) is 5.81. The zero-order valence-electron chi connectivity index (χ0n) is 21.5. The summed E-state index contributed by atoms with van der Waals surface area (Å²) in [5.41, 5.74) is 1.59. The molecule has 4 fully saturated rings. The highest BCUT2D eigenvalue weighted by Crippen LogP contribution is 2.45. The van der Waals surface area contributed by atoms with Crippen molar-refractivity contribution in [2.75, 3.05) is 63.8 Å². The minimum absolute atomic E-state index is 0.518. The van der Waals surface area contributed by atoms with Crippen molar-refractivity contribution in [3.8, 4) is 0 Å². The van der Waals surface area contributed by atoms with Crippen LogP contribution in [0.5, 0.6) is 0 Å². The maximum absolute atomic E-state index is 4.55. The fourth-order valence-electron chi connectivity index (χ4n) is 6.94. The van der Waals surface area contributed by atoms with Crippen LogP contribution in [0.15, 0.2) is 42.4 Å². The zero-order valence-corrected chi connectivity index (χ0v) is 21.5. The Bertz CT molecular complexity index is 870. The van der Waals surface area contributed by atoms with Gasteiger partial charge in [-0.1, -0.05) is 31.1 Å². The monoisotopic (exact) mass is 476 g/mol. The van der Waals surface area contributed by atoms with Gasteiger partial charge in [-0.3, -0.25) is 9.88 Å². The first kappa shape index (κ1) is 23.6. The van der Waals surface area contributed by atoms with Crippen LogP contribution in [0.25, 0.3) is 0 Å². The summed E-state index contributed by atoms with van der Waals surface area (Å²) in [6, 6.07) is 1.33. The molecule has 0 amide bonds. The number of rotatable bonds is 6. The van der Waals surface area contributed by atoms with E-state index < -0.39 is 0 Å². The second-order valence-electron chi connectivity index (χ2n) is 11.5. The summed E-state index contributed by atoms with van der Waals surface area (Å²) < 4.78 is 0. The van der Waals surface area contributed by atoms with E-state index in [2.05, 4.69) is 47.8 Å². The number of hydrogen-bond donors (Lipinski definition) is 0. The van der Waals surface area contributed by atoms with E-state index in [1.807, 2.05) is 12.4 Å². The summed E-state index contributed by atoms with van der Waals surface area (Å²) in [5.74, 6) is 2.67. The van der Waals surface area contributed by atoms with E-state index in [0.29, 0.717) is 6.04 Å². The van der Waals surface area contributed by atoms with Crippen LogP contribution in [-0.4, -0.2) is 95.7 Å². The van der Waals surface area contributed by atoms with Gasteiger partial charge in [-0.2, -0.15) is 0 Å². The number of allylic oxidation sites excluding steroid dienone is 2. The van der Waals surface area contributed by atoms with Crippen molar-refractivity contribution in [1.82, 2.24) is 24.7 Å². The van der Waals surface area contributed by atoms with Crippen LogP contribution in [-0.2, 0) is 0 Å². The summed E-state index contributed by atoms with van der Waals surface area (Å²) in [7, 11) is 0. The Hall–Kier alpha value is -1.76. The van der Waals surface area contributed by atoms with Gasteiger partial charge in [0.1, 0.15) is 5.82 Å². The Balaban J connectivity index is 1.12. The Labute approximate surface area is 212 Å². The van der Waals surface area contributed by atoms with Crippen LogP contribution >= 0.6 is 0 Å². The molecule has 190 valence electrons. The van der Waals surface area contributed by atoms with Crippen molar-refractivity contribution in [1.29, 1.82) is 0 Å². The molecule has 5 aliphatic rings. The average molecular weight is 477 g/mol. The lowest BCUT2D eigenvalue weighted by molar-refractivity contribution is 0.103. The minimum atomic E-state index is 0.518. The number of piperidine rings is 1. The van der Waals surface area contributed by atoms with Gasteiger partial charge in [0.2, 0.25) is 0 Å². The SMILES string of the molecule is C1=CC2CC2C=C1C(CN1CCCCC(N2CCCCC2)CC1)N1CCN(c2cnccn2)CC1. The molecule has 0 N–H and O–H groups in total. The molecule has 4 unspecified atom stereocenters. The number of piperazine rings is 1. The molecule has 3 aliphatic heterocycles. The van der Waals surface area contributed by atoms with E-state index in [4.69, 9.17) is 0 Å². The fraction of sp³-hybridized carbons (Fsp3) is 0.724. The van der Waals surface area contributed by atoms with Crippen molar-refractivity contribution < 1.29 is 0 Å². The topological polar surface area (TPSA) is 38.7 Å². The summed E-state index contributed by atoms with van der Waals surface area (Å²) in [4.78, 5) is 19.7. The van der Waals surface area contributed by atoms with Crippen LogP contribution in [0.1, 0.15) is 51.4 Å². The van der Waals surface area contributed by atoms with Gasteiger partial charge in [0, 0.05) is 57.2 Å². The third-order valence-electron chi connectivity index (χ3n) is 9.23. The Morgan fingerprint density at radius 3 is 2.49 bits per heavy atom. The molecule has 0 aromatic carbocycles. The van der Waals surface area contributed by atoms with E-state index in [1.165, 1.54) is 84.1 Å². The first-order valence-corrected chi connectivity index (χ1v) is 14.4. The molecule has 35 heavy (non-hydrogen) atoms. The molecule has 0 bridgehead atoms. The molecular formula is C29H44N6. The van der Waals surface area contributed by atoms with Crippen molar-refractivity contribution in [3.63, 3.8) is 0 Å². The lowest BCUT2D eigenvalue weighted by Crippen LogP contribution is -2.54. The molecule has 4 atom stereocenters. The number of likely N-dealkylation sites (tertiary alicyclic amines) is 2. The summed E-state index contributed by atoms with van der Waals surface area (Å²) in [6.45, 7) is 10.7. The maximum atomic E-state index is 4.55. The second kappa shape index (κ2) is 11.1. The smallest absolute Gasteiger partial charge is 0.147 e. The van der Waals surface area contributed by atoms with Gasteiger partial charge in [0.05, 0.1) is 6.20 Å². The molecule has 6 nitrogen and oxygen atoms in total. The molecule has 1 aromatic rings. The summed E-state index contributed by atoms with van der Waals surface area (Å²) in [6.07, 6.45) is 24.2. The fourth-order valence-corrected chi connectivity index (χ4v) is 6.94. The Morgan fingerprint density at radius 2 is 1.69 bits per heavy atom. The maximum Gasteiger partial charge on any atom is 0.147 e. The van der Waals surface area contributed by atoms with Crippen LogP contribution in [0.3, 0.4) is 0 Å². The van der Waals surface area contributed by atoms with E-state index in [0.717, 1.165) is 49.9 Å². The second-order valence-corrected chi connectivity index (χ2v) is 11.5. The van der Waals surface area contributed by atoms with E-state index in [1.54, 1.807) is 11.8 Å². The molecule has 0 spiro atoms. The number of anilines is 1. The molecular weight excluding hydrogens is 432 g/mol. The van der Waals surface area contributed by atoms with Crippen molar-refractivity contribution in [2.45, 2.75) is 63.5 Å². The molecule has 1 saturated carbocycles. The van der Waals surface area contributed by atoms with E-state index in [-0.39, 0.29) is 0 Å². The molecule has 2 aliphatic carbocycles. The van der Waals surface area contributed by atoms with Crippen molar-refractivity contribution >= 4 is 5.82 Å². The molecule has 3 saturated heterocycles. The third-order valence-corrected chi connectivity index (χ3v) is 9.23. The first-order chi connectivity index (χ1) is 17.3. The van der Waals surface area contributed by atoms with Crippen molar-refractivity contribution in [3.05, 3.63) is 42.4 Å². The normalized spacial score (nSPS) is 31.8. The van der Waals surface area contributed by atoms with Gasteiger partial charge in [-0.05, 0) is 82.1 Å². The van der Waals surface area contributed by atoms with Gasteiger partial charge >= 0.3 is 0 Å². The highest BCUT2D eigenvalue weighted by atomic mass is 15.3. The standard InChI is InChI=1S/C29H44N6/c1-3-13-33(14-4-1)27-6-2-5-12-32(15-9-27)23-28(25-8-7-24-20-26(24)21-25)34-16-18-35(19-17-34)29-22-30-10-11-31-29/h7-8,10-11,21-22,24,26-28H,1-6,9,12-20,23H2. The Kier molecular flexibility index (Phi) is 7.49. The van der Waals surface area contributed by atoms with Gasteiger partial charge < -0.3 is 14.7 Å². The lowest BCUT2D eigenvalue weighted by atomic mass is 9.95. The van der Waals surface area contributed by atoms with Gasteiger partial charge in [-0.25, -0.2) is 4.98 Å². The van der Waals surface area contributed by atoms with Crippen molar-refractivity contribution in [2.24, 2.45) is 11.8 Å². The predicted octanol–water partition coefficient (Wildman–Crippen LogP) is 3.83. The molecule has 6 rings (SSSR count). The van der Waals surface area contributed by atoms with Crippen LogP contribution in [0.2, 0.25) is 0 Å². The first-order valence-electron chi connectivity index (χ1n) is 14.4. The van der Waals surface area contributed by atoms with E-state index >= 15 is 0 Å². The Morgan fingerprint density at radius 1 is 0.829 bits per heavy atom. The van der Waals surface area contributed by atoms with Gasteiger partial charge in [0.25, 0.3) is 0 Å². The molecule has 4 heterocycles. The number of fused-ring (bicyclic) bond motifs is 1. The number of hydrogen-bond acceptors (Lipinski definition) is 6. The lowest BCUT2D eigenvalue weighted by Gasteiger charge is -2.43. The van der Waals surface area contributed by atoms with E-state index in [9.17, 15) is 0 Å². The predicted molar refractivity (Wildman–Crippen MR) is 143 cm³/mol. The van der Waals surface area contributed by atoms with Crippen LogP contribution < -0.4 is 4.90 Å². The van der Waals surface area contributed by atoms with Gasteiger partial charge in [-0.15, -0.1) is 0 Å². The molecule has 6 heteroatoms. The van der Waals surface area contributed by atoms with Crippen LogP contribution in [0, 0.1) is 11.8 Å². The quantitative estimate of drug-likeness (QED) is 0.621. The number of nitrogens with zero attached hydrogens (tertiary/aromatic N) is 6. The summed E-state index contributed by atoms with van der Waals surface area (Å²) in [5, 5.41) is 0. The van der Waals surface area contributed by atoms with Gasteiger partial charge in [0.15, 0.2) is 0 Å². The van der Waals surface area contributed by atoms with Crippen LogP contribution in [0.4, 0.5) is 5.82 Å². The summed E-state index contributed by atoms with van der Waals surface area (Å²) >= 11 is 0.